The van der Waals surface area contributed by atoms with Crippen molar-refractivity contribution in [2.75, 3.05) is 17.2 Å². The summed E-state index contributed by atoms with van der Waals surface area (Å²) >= 11 is 0. The number of sulfonamides is 1. The molecule has 0 aliphatic heterocycles. The van der Waals surface area contributed by atoms with E-state index in [1.165, 1.54) is 0 Å². The molecule has 1 aromatic rings. The summed E-state index contributed by atoms with van der Waals surface area (Å²) in [6.45, 7) is 0. The van der Waals surface area contributed by atoms with Crippen molar-refractivity contribution in [1.82, 2.24) is 0 Å². The Morgan fingerprint density at radius 3 is 2.05 bits per heavy atom. The number of hydrogen-bond acceptors (Lipinski definition) is 5. The first kappa shape index (κ1) is 18.7. The van der Waals surface area contributed by atoms with Crippen LogP contribution in [-0.2, 0) is 26.0 Å². The van der Waals surface area contributed by atoms with Crippen molar-refractivity contribution >= 4 is 25.5 Å². The van der Waals surface area contributed by atoms with Crippen LogP contribution in [0.3, 0.4) is 0 Å². The van der Waals surface area contributed by atoms with Crippen LogP contribution in [0.5, 0.6) is 0 Å². The SMILES string of the molecule is Nc1ccc(S(=O)(=O)CCCCS(N)(=O)=O)c(C(F)(F)F)c1. The number of benzene rings is 1. The van der Waals surface area contributed by atoms with Gasteiger partial charge in [-0.05, 0) is 31.0 Å². The Kier molecular flexibility index (Phi) is 5.47. The molecule has 0 saturated heterocycles. The van der Waals surface area contributed by atoms with Gasteiger partial charge in [-0.15, -0.1) is 0 Å². The molecule has 0 heterocycles. The molecule has 1 rings (SSSR count). The Morgan fingerprint density at radius 1 is 1.00 bits per heavy atom. The summed E-state index contributed by atoms with van der Waals surface area (Å²) in [6.07, 6.45) is -5.05. The molecule has 22 heavy (non-hydrogen) atoms. The van der Waals surface area contributed by atoms with Crippen molar-refractivity contribution in [2.24, 2.45) is 5.14 Å². The number of halogens is 3. The zero-order valence-corrected chi connectivity index (χ0v) is 12.9. The molecule has 0 radical (unpaired) electrons. The summed E-state index contributed by atoms with van der Waals surface area (Å²) in [4.78, 5) is -0.871. The lowest BCUT2D eigenvalue weighted by Crippen LogP contribution is -2.18. The Morgan fingerprint density at radius 2 is 1.55 bits per heavy atom. The number of primary sulfonamides is 1. The van der Waals surface area contributed by atoms with Gasteiger partial charge in [0.1, 0.15) is 0 Å². The zero-order chi connectivity index (χ0) is 17.2. The second kappa shape index (κ2) is 6.42. The fourth-order valence-electron chi connectivity index (χ4n) is 1.75. The van der Waals surface area contributed by atoms with Crippen molar-refractivity contribution < 1.29 is 30.0 Å². The molecule has 0 bridgehead atoms. The second-order valence-corrected chi connectivity index (χ2v) is 8.46. The molecule has 1 aromatic carbocycles. The van der Waals surface area contributed by atoms with E-state index in [0.29, 0.717) is 6.07 Å². The summed E-state index contributed by atoms with van der Waals surface area (Å²) in [5.41, 5.74) is 3.72. The molecular formula is C11H15F3N2O4S2. The largest absolute Gasteiger partial charge is 0.417 e. The van der Waals surface area contributed by atoms with Crippen LogP contribution < -0.4 is 10.9 Å². The van der Waals surface area contributed by atoms with Crippen LogP contribution in [0, 0.1) is 0 Å². The number of sulfone groups is 1. The molecule has 11 heteroatoms. The van der Waals surface area contributed by atoms with Crippen molar-refractivity contribution in [3.05, 3.63) is 23.8 Å². The van der Waals surface area contributed by atoms with E-state index in [1.807, 2.05) is 0 Å². The van der Waals surface area contributed by atoms with E-state index in [2.05, 4.69) is 0 Å². The highest BCUT2D eigenvalue weighted by molar-refractivity contribution is 7.91. The van der Waals surface area contributed by atoms with Crippen LogP contribution in [0.15, 0.2) is 23.1 Å². The van der Waals surface area contributed by atoms with Gasteiger partial charge in [-0.2, -0.15) is 13.2 Å². The predicted octanol–water partition coefficient (Wildman–Crippen LogP) is 1.13. The first-order valence-corrected chi connectivity index (χ1v) is 9.40. The summed E-state index contributed by atoms with van der Waals surface area (Å²) in [5, 5.41) is 4.75. The lowest BCUT2D eigenvalue weighted by Gasteiger charge is -2.14. The summed E-state index contributed by atoms with van der Waals surface area (Å²) in [6, 6.07) is 2.41. The van der Waals surface area contributed by atoms with E-state index < -0.39 is 48.0 Å². The Hall–Kier alpha value is -1.33. The fraction of sp³-hybridized carbons (Fsp3) is 0.455. The maximum Gasteiger partial charge on any atom is 0.417 e. The van der Waals surface area contributed by atoms with Crippen molar-refractivity contribution in [2.45, 2.75) is 23.9 Å². The minimum atomic E-state index is -4.86. The number of nitrogen functional groups attached to an aromatic ring is 1. The van der Waals surface area contributed by atoms with Crippen molar-refractivity contribution in [3.8, 4) is 0 Å². The highest BCUT2D eigenvalue weighted by Gasteiger charge is 2.37. The predicted molar refractivity (Wildman–Crippen MR) is 75.1 cm³/mol. The first-order chi connectivity index (χ1) is 9.83. The number of anilines is 1. The van der Waals surface area contributed by atoms with E-state index in [0.717, 1.165) is 12.1 Å². The second-order valence-electron chi connectivity index (χ2n) is 4.65. The van der Waals surface area contributed by atoms with Gasteiger partial charge in [-0.1, -0.05) is 0 Å². The monoisotopic (exact) mass is 360 g/mol. The van der Waals surface area contributed by atoms with Gasteiger partial charge in [0, 0.05) is 5.69 Å². The molecule has 126 valence electrons. The number of nitrogens with two attached hydrogens (primary N) is 2. The third kappa shape index (κ3) is 5.46. The molecule has 0 aliphatic rings. The number of alkyl halides is 3. The van der Waals surface area contributed by atoms with Crippen LogP contribution >= 0.6 is 0 Å². The van der Waals surface area contributed by atoms with E-state index in [9.17, 15) is 30.0 Å². The molecule has 0 fully saturated rings. The van der Waals surface area contributed by atoms with Crippen LogP contribution in [0.1, 0.15) is 18.4 Å². The van der Waals surface area contributed by atoms with Crippen LogP contribution in [0.25, 0.3) is 0 Å². The molecule has 0 aliphatic carbocycles. The van der Waals surface area contributed by atoms with E-state index in [1.54, 1.807) is 0 Å². The molecule has 0 spiro atoms. The molecule has 0 aromatic heterocycles. The maximum atomic E-state index is 12.9. The Bertz CT molecular complexity index is 743. The standard InChI is InChI=1S/C11H15F3N2O4S2/c12-11(13,14)9-7-8(15)3-4-10(9)21(17,18)5-1-2-6-22(16,19)20/h3-4,7H,1-2,5-6,15H2,(H2,16,19,20). The zero-order valence-electron chi connectivity index (χ0n) is 11.3. The lowest BCUT2D eigenvalue weighted by atomic mass is 10.2. The van der Waals surface area contributed by atoms with Gasteiger partial charge in [-0.3, -0.25) is 0 Å². The highest BCUT2D eigenvalue weighted by Crippen LogP contribution is 2.35. The number of hydrogen-bond donors (Lipinski definition) is 2. The molecule has 0 atom stereocenters. The highest BCUT2D eigenvalue weighted by atomic mass is 32.2. The van der Waals surface area contributed by atoms with Gasteiger partial charge < -0.3 is 5.73 Å². The first-order valence-electron chi connectivity index (χ1n) is 6.03. The average Bonchev–Trinajstić information content (AvgIpc) is 2.32. The van der Waals surface area contributed by atoms with Crippen LogP contribution in [-0.4, -0.2) is 28.3 Å². The number of rotatable bonds is 6. The van der Waals surface area contributed by atoms with Gasteiger partial charge >= 0.3 is 6.18 Å². The fourth-order valence-corrected chi connectivity index (χ4v) is 3.94. The normalized spacial score (nSPS) is 13.3. The third-order valence-electron chi connectivity index (χ3n) is 2.74. The molecule has 6 nitrogen and oxygen atoms in total. The Balaban J connectivity index is 2.99. The van der Waals surface area contributed by atoms with Gasteiger partial charge in [-0.25, -0.2) is 22.0 Å². The third-order valence-corrected chi connectivity index (χ3v) is 5.45. The van der Waals surface area contributed by atoms with Crippen molar-refractivity contribution in [1.29, 1.82) is 0 Å². The Labute approximate surface area is 126 Å². The summed E-state index contributed by atoms with van der Waals surface area (Å²) in [5.74, 6) is -1.05. The van der Waals surface area contributed by atoms with Gasteiger partial charge in [0.15, 0.2) is 9.84 Å². The molecule has 0 saturated carbocycles. The summed E-state index contributed by atoms with van der Waals surface area (Å²) < 4.78 is 84.1. The van der Waals surface area contributed by atoms with Gasteiger partial charge in [0.2, 0.25) is 10.0 Å². The lowest BCUT2D eigenvalue weighted by molar-refractivity contribution is -0.139. The van der Waals surface area contributed by atoms with E-state index >= 15 is 0 Å². The van der Waals surface area contributed by atoms with Crippen LogP contribution in [0.2, 0.25) is 0 Å². The molecule has 0 unspecified atom stereocenters. The quantitative estimate of drug-likeness (QED) is 0.582. The maximum absolute atomic E-state index is 12.9. The van der Waals surface area contributed by atoms with E-state index in [4.69, 9.17) is 10.9 Å². The molecule has 4 N–H and O–H groups in total. The van der Waals surface area contributed by atoms with E-state index in [-0.39, 0.29) is 18.5 Å². The average molecular weight is 360 g/mol. The van der Waals surface area contributed by atoms with Crippen molar-refractivity contribution in [3.63, 3.8) is 0 Å². The molecular weight excluding hydrogens is 345 g/mol. The minimum absolute atomic E-state index is 0.0611. The topological polar surface area (TPSA) is 120 Å². The number of unbranched alkanes of at least 4 members (excludes halogenated alkanes) is 1. The van der Waals surface area contributed by atoms with Gasteiger partial charge in [0.05, 0.1) is 22.0 Å². The van der Waals surface area contributed by atoms with Crippen LogP contribution in [0.4, 0.5) is 18.9 Å². The molecule has 0 amide bonds. The summed E-state index contributed by atoms with van der Waals surface area (Å²) in [7, 11) is -7.95. The van der Waals surface area contributed by atoms with Gasteiger partial charge in [0.25, 0.3) is 0 Å². The smallest absolute Gasteiger partial charge is 0.399 e. The minimum Gasteiger partial charge on any atom is -0.399 e.